The zero-order valence-corrected chi connectivity index (χ0v) is 11.6. The van der Waals surface area contributed by atoms with Crippen molar-refractivity contribution in [1.82, 2.24) is 10.0 Å². The van der Waals surface area contributed by atoms with Crippen LogP contribution in [0.2, 0.25) is 0 Å². The standard InChI is InChI=1S/C13H17N3O2S/c1-10-5-6-15-9-13(10)16-19(17,18)12-4-2-3-11(7-12)8-14/h2-4,7,10,13,15-16H,5-6,9H2,1H3. The molecule has 1 heterocycles. The third kappa shape index (κ3) is 3.32. The highest BCUT2D eigenvalue weighted by Gasteiger charge is 2.26. The Hall–Kier alpha value is -1.42. The Labute approximate surface area is 113 Å². The molecular weight excluding hydrogens is 262 g/mol. The zero-order chi connectivity index (χ0) is 13.9. The molecule has 0 spiro atoms. The van der Waals surface area contributed by atoms with Crippen LogP contribution in [0, 0.1) is 17.2 Å². The minimum absolute atomic E-state index is 0.107. The molecule has 5 nitrogen and oxygen atoms in total. The molecule has 2 atom stereocenters. The number of benzene rings is 1. The summed E-state index contributed by atoms with van der Waals surface area (Å²) in [7, 11) is -3.57. The first-order chi connectivity index (χ1) is 9.03. The first-order valence-corrected chi connectivity index (χ1v) is 7.74. The maximum Gasteiger partial charge on any atom is 0.240 e. The molecule has 0 radical (unpaired) electrons. The fraction of sp³-hybridized carbons (Fsp3) is 0.462. The summed E-state index contributed by atoms with van der Waals surface area (Å²) in [6.07, 6.45) is 0.950. The summed E-state index contributed by atoms with van der Waals surface area (Å²) in [4.78, 5) is 0.143. The highest BCUT2D eigenvalue weighted by Crippen LogP contribution is 2.16. The molecule has 0 amide bonds. The average molecular weight is 279 g/mol. The number of rotatable bonds is 3. The van der Waals surface area contributed by atoms with Crippen molar-refractivity contribution in [3.05, 3.63) is 29.8 Å². The van der Waals surface area contributed by atoms with Gasteiger partial charge >= 0.3 is 0 Å². The molecule has 0 bridgehead atoms. The van der Waals surface area contributed by atoms with Gasteiger partial charge in [0.25, 0.3) is 0 Å². The zero-order valence-electron chi connectivity index (χ0n) is 10.8. The van der Waals surface area contributed by atoms with Gasteiger partial charge in [0.05, 0.1) is 16.5 Å². The molecule has 2 N–H and O–H groups in total. The molecule has 0 saturated carbocycles. The number of hydrogen-bond acceptors (Lipinski definition) is 4. The largest absolute Gasteiger partial charge is 0.315 e. The first kappa shape index (κ1) is 14.0. The molecule has 2 rings (SSSR count). The Morgan fingerprint density at radius 1 is 1.47 bits per heavy atom. The molecule has 1 fully saturated rings. The lowest BCUT2D eigenvalue weighted by molar-refractivity contribution is 0.327. The molecule has 1 aliphatic rings. The van der Waals surface area contributed by atoms with Crippen molar-refractivity contribution in [3.63, 3.8) is 0 Å². The van der Waals surface area contributed by atoms with Gasteiger partial charge in [-0.3, -0.25) is 0 Å². The van der Waals surface area contributed by atoms with E-state index in [4.69, 9.17) is 5.26 Å². The highest BCUT2D eigenvalue weighted by atomic mass is 32.2. The van der Waals surface area contributed by atoms with E-state index in [1.807, 2.05) is 13.0 Å². The van der Waals surface area contributed by atoms with Gasteiger partial charge in [-0.2, -0.15) is 5.26 Å². The van der Waals surface area contributed by atoms with Crippen molar-refractivity contribution in [1.29, 1.82) is 5.26 Å². The van der Waals surface area contributed by atoms with Crippen LogP contribution >= 0.6 is 0 Å². The van der Waals surface area contributed by atoms with E-state index >= 15 is 0 Å². The predicted molar refractivity (Wildman–Crippen MR) is 71.9 cm³/mol. The molecule has 1 saturated heterocycles. The molecule has 1 aromatic rings. The SMILES string of the molecule is CC1CCNCC1NS(=O)(=O)c1cccc(C#N)c1. The minimum Gasteiger partial charge on any atom is -0.315 e. The van der Waals surface area contributed by atoms with Crippen LogP contribution in [0.4, 0.5) is 0 Å². The second-order valence-corrected chi connectivity index (χ2v) is 6.55. The summed E-state index contributed by atoms with van der Waals surface area (Å²) in [5.41, 5.74) is 0.345. The molecule has 0 aliphatic carbocycles. The van der Waals surface area contributed by atoms with Gasteiger partial charge in [-0.05, 0) is 37.1 Å². The lowest BCUT2D eigenvalue weighted by Gasteiger charge is -2.29. The quantitative estimate of drug-likeness (QED) is 0.859. The van der Waals surface area contributed by atoms with Crippen LogP contribution < -0.4 is 10.0 Å². The second kappa shape index (κ2) is 5.70. The predicted octanol–water partition coefficient (Wildman–Crippen LogP) is 0.835. The van der Waals surface area contributed by atoms with Crippen molar-refractivity contribution in [2.24, 2.45) is 5.92 Å². The normalized spacial score (nSPS) is 23.8. The Bertz CT molecular complexity index is 592. The van der Waals surface area contributed by atoms with E-state index in [1.54, 1.807) is 12.1 Å². The topological polar surface area (TPSA) is 82.0 Å². The van der Waals surface area contributed by atoms with Crippen molar-refractivity contribution in [2.45, 2.75) is 24.3 Å². The lowest BCUT2D eigenvalue weighted by Crippen LogP contribution is -2.50. The van der Waals surface area contributed by atoms with Gasteiger partial charge in [0.2, 0.25) is 10.0 Å². The Kier molecular flexibility index (Phi) is 4.20. The second-order valence-electron chi connectivity index (χ2n) is 4.84. The molecule has 1 aromatic carbocycles. The van der Waals surface area contributed by atoms with E-state index in [0.717, 1.165) is 13.0 Å². The van der Waals surface area contributed by atoms with Crippen molar-refractivity contribution < 1.29 is 8.42 Å². The van der Waals surface area contributed by atoms with Crippen LogP contribution in [0.3, 0.4) is 0 Å². The molecular formula is C13H17N3O2S. The van der Waals surface area contributed by atoms with Crippen LogP contribution in [0.25, 0.3) is 0 Å². The van der Waals surface area contributed by atoms with Gasteiger partial charge in [-0.1, -0.05) is 13.0 Å². The van der Waals surface area contributed by atoms with Crippen LogP contribution in [-0.2, 0) is 10.0 Å². The number of sulfonamides is 1. The molecule has 6 heteroatoms. The summed E-state index contributed by atoms with van der Waals surface area (Å²) >= 11 is 0. The number of nitriles is 1. The Morgan fingerprint density at radius 3 is 2.95 bits per heavy atom. The van der Waals surface area contributed by atoms with Crippen molar-refractivity contribution in [2.75, 3.05) is 13.1 Å². The molecule has 19 heavy (non-hydrogen) atoms. The van der Waals surface area contributed by atoms with Crippen LogP contribution in [0.15, 0.2) is 29.2 Å². The monoisotopic (exact) mass is 279 g/mol. The van der Waals surface area contributed by atoms with Crippen LogP contribution in [0.1, 0.15) is 18.9 Å². The Morgan fingerprint density at radius 2 is 2.26 bits per heavy atom. The van der Waals surface area contributed by atoms with Crippen molar-refractivity contribution >= 4 is 10.0 Å². The van der Waals surface area contributed by atoms with Gasteiger partial charge < -0.3 is 5.32 Å². The maximum absolute atomic E-state index is 12.3. The number of hydrogen-bond donors (Lipinski definition) is 2. The number of nitrogens with one attached hydrogen (secondary N) is 2. The van der Waals surface area contributed by atoms with E-state index in [9.17, 15) is 8.42 Å². The lowest BCUT2D eigenvalue weighted by atomic mass is 9.96. The third-order valence-corrected chi connectivity index (χ3v) is 4.90. The molecule has 2 unspecified atom stereocenters. The van der Waals surface area contributed by atoms with Crippen LogP contribution in [-0.4, -0.2) is 27.5 Å². The minimum atomic E-state index is -3.57. The van der Waals surface area contributed by atoms with Crippen molar-refractivity contribution in [3.8, 4) is 6.07 Å². The van der Waals surface area contributed by atoms with E-state index in [0.29, 0.717) is 18.0 Å². The fourth-order valence-electron chi connectivity index (χ4n) is 2.15. The van der Waals surface area contributed by atoms with E-state index < -0.39 is 10.0 Å². The van der Waals surface area contributed by atoms with Gasteiger partial charge in [0.15, 0.2) is 0 Å². The number of nitrogens with zero attached hydrogens (tertiary/aromatic N) is 1. The van der Waals surface area contributed by atoms with Gasteiger partial charge in [0, 0.05) is 12.6 Å². The third-order valence-electron chi connectivity index (χ3n) is 3.41. The van der Waals surface area contributed by atoms with E-state index in [-0.39, 0.29) is 10.9 Å². The highest BCUT2D eigenvalue weighted by molar-refractivity contribution is 7.89. The van der Waals surface area contributed by atoms with Gasteiger partial charge in [0.1, 0.15) is 0 Å². The van der Waals surface area contributed by atoms with E-state index in [2.05, 4.69) is 10.0 Å². The van der Waals surface area contributed by atoms with Crippen LogP contribution in [0.5, 0.6) is 0 Å². The molecule has 102 valence electrons. The molecule has 1 aliphatic heterocycles. The average Bonchev–Trinajstić information content (AvgIpc) is 2.41. The summed E-state index contributed by atoms with van der Waals surface area (Å²) in [5, 5.41) is 12.0. The fourth-order valence-corrected chi connectivity index (χ4v) is 3.54. The summed E-state index contributed by atoms with van der Waals surface area (Å²) in [5.74, 6) is 0.301. The Balaban J connectivity index is 2.20. The summed E-state index contributed by atoms with van der Waals surface area (Å²) < 4.78 is 27.2. The van der Waals surface area contributed by atoms with E-state index in [1.165, 1.54) is 12.1 Å². The first-order valence-electron chi connectivity index (χ1n) is 6.26. The summed E-state index contributed by atoms with van der Waals surface area (Å²) in [6, 6.07) is 7.90. The molecule has 0 aromatic heterocycles. The number of piperidine rings is 1. The maximum atomic E-state index is 12.3. The van der Waals surface area contributed by atoms with Gasteiger partial charge in [-0.15, -0.1) is 0 Å². The van der Waals surface area contributed by atoms with Gasteiger partial charge in [-0.25, -0.2) is 13.1 Å². The smallest absolute Gasteiger partial charge is 0.240 e. The summed E-state index contributed by atoms with van der Waals surface area (Å²) in [6.45, 7) is 3.60.